The first-order valence-corrected chi connectivity index (χ1v) is 7.72. The van der Waals surface area contributed by atoms with Crippen LogP contribution in [0.25, 0.3) is 0 Å². The van der Waals surface area contributed by atoms with Crippen molar-refractivity contribution in [1.29, 1.82) is 0 Å². The van der Waals surface area contributed by atoms with E-state index in [9.17, 15) is 8.42 Å². The zero-order valence-corrected chi connectivity index (χ0v) is 12.2. The van der Waals surface area contributed by atoms with E-state index in [0.717, 1.165) is 12.8 Å². The smallest absolute Gasteiger partial charge is 0.242 e. The number of nitrogens with two attached hydrogens (primary N) is 1. The average Bonchev–Trinajstić information content (AvgIpc) is 3.02. The molecule has 0 aliphatic heterocycles. The molecule has 1 aromatic carbocycles. The number of halogens is 2. The third-order valence-corrected chi connectivity index (χ3v) is 5.47. The van der Waals surface area contributed by atoms with E-state index in [1.54, 1.807) is 0 Å². The van der Waals surface area contributed by atoms with Crippen molar-refractivity contribution in [3.8, 4) is 0 Å². The van der Waals surface area contributed by atoms with E-state index < -0.39 is 10.0 Å². The van der Waals surface area contributed by atoms with Gasteiger partial charge in [0.2, 0.25) is 10.0 Å². The average molecular weight is 309 g/mol. The van der Waals surface area contributed by atoms with Gasteiger partial charge in [-0.15, -0.1) is 0 Å². The molecule has 4 nitrogen and oxygen atoms in total. The third-order valence-electron chi connectivity index (χ3n) is 3.17. The van der Waals surface area contributed by atoms with Crippen molar-refractivity contribution < 1.29 is 8.42 Å². The highest BCUT2D eigenvalue weighted by molar-refractivity contribution is 7.89. The normalized spacial score (nSPS) is 17.7. The Bertz CT molecular complexity index is 583. The largest absolute Gasteiger partial charge is 0.396 e. The van der Waals surface area contributed by atoms with Gasteiger partial charge < -0.3 is 5.73 Å². The van der Waals surface area contributed by atoms with E-state index >= 15 is 0 Å². The Morgan fingerprint density at radius 3 is 2.56 bits per heavy atom. The van der Waals surface area contributed by atoms with Gasteiger partial charge in [-0.1, -0.05) is 30.1 Å². The summed E-state index contributed by atoms with van der Waals surface area (Å²) in [4.78, 5) is -0.0321. The Labute approximate surface area is 117 Å². The number of hydrogen-bond donors (Lipinski definition) is 2. The van der Waals surface area contributed by atoms with Gasteiger partial charge in [-0.25, -0.2) is 13.1 Å². The van der Waals surface area contributed by atoms with Gasteiger partial charge in [-0.3, -0.25) is 0 Å². The maximum absolute atomic E-state index is 12.1. The second-order valence-electron chi connectivity index (χ2n) is 4.91. The lowest BCUT2D eigenvalue weighted by atomic mass is 10.2. The molecule has 0 saturated heterocycles. The molecule has 0 amide bonds. The quantitative estimate of drug-likeness (QED) is 0.840. The maximum Gasteiger partial charge on any atom is 0.242 e. The zero-order valence-electron chi connectivity index (χ0n) is 9.83. The summed E-state index contributed by atoms with van der Waals surface area (Å²) < 4.78 is 26.7. The summed E-state index contributed by atoms with van der Waals surface area (Å²) in [5.41, 5.74) is 5.78. The first-order valence-electron chi connectivity index (χ1n) is 5.48. The van der Waals surface area contributed by atoms with Crippen LogP contribution in [0.15, 0.2) is 17.0 Å². The fraction of sp³-hybridized carbons (Fsp3) is 0.455. The standard InChI is InChI=1S/C11H14Cl2N2O2S/c1-11(4-5-11)6-15-18(16,17)8-3-2-7(12)10(14)9(8)13/h2-3,15H,4-6,14H2,1H3. The fourth-order valence-electron chi connectivity index (χ4n) is 1.49. The molecular weight excluding hydrogens is 295 g/mol. The van der Waals surface area contributed by atoms with Crippen LogP contribution in [-0.4, -0.2) is 15.0 Å². The van der Waals surface area contributed by atoms with Crippen LogP contribution in [-0.2, 0) is 10.0 Å². The molecule has 100 valence electrons. The highest BCUT2D eigenvalue weighted by Gasteiger charge is 2.38. The van der Waals surface area contributed by atoms with Gasteiger partial charge in [0, 0.05) is 6.54 Å². The number of nitrogens with one attached hydrogen (secondary N) is 1. The predicted molar refractivity (Wildman–Crippen MR) is 73.4 cm³/mol. The molecule has 1 aliphatic carbocycles. The Morgan fingerprint density at radius 1 is 1.39 bits per heavy atom. The van der Waals surface area contributed by atoms with Gasteiger partial charge >= 0.3 is 0 Å². The van der Waals surface area contributed by atoms with Crippen LogP contribution < -0.4 is 10.5 Å². The molecule has 0 radical (unpaired) electrons. The van der Waals surface area contributed by atoms with Gasteiger partial charge in [-0.05, 0) is 30.4 Å². The first-order chi connectivity index (χ1) is 8.25. The van der Waals surface area contributed by atoms with Crippen LogP contribution in [0.4, 0.5) is 5.69 Å². The molecule has 2 rings (SSSR count). The first kappa shape index (κ1) is 13.9. The van der Waals surface area contributed by atoms with E-state index in [2.05, 4.69) is 4.72 Å². The lowest BCUT2D eigenvalue weighted by molar-refractivity contribution is 0.530. The topological polar surface area (TPSA) is 72.2 Å². The van der Waals surface area contributed by atoms with Crippen molar-refractivity contribution >= 4 is 38.9 Å². The van der Waals surface area contributed by atoms with Crippen molar-refractivity contribution in [3.05, 3.63) is 22.2 Å². The van der Waals surface area contributed by atoms with Crippen LogP contribution >= 0.6 is 23.2 Å². The fourth-order valence-corrected chi connectivity index (χ4v) is 3.46. The lowest BCUT2D eigenvalue weighted by Gasteiger charge is -2.13. The van der Waals surface area contributed by atoms with Crippen molar-refractivity contribution in [1.82, 2.24) is 4.72 Å². The van der Waals surface area contributed by atoms with Crippen LogP contribution in [0.5, 0.6) is 0 Å². The molecule has 18 heavy (non-hydrogen) atoms. The highest BCUT2D eigenvalue weighted by Crippen LogP contribution is 2.44. The molecule has 3 N–H and O–H groups in total. The molecule has 0 unspecified atom stereocenters. The molecule has 1 saturated carbocycles. The monoisotopic (exact) mass is 308 g/mol. The summed E-state index contributed by atoms with van der Waals surface area (Å²) in [6.07, 6.45) is 2.07. The second kappa shape index (κ2) is 4.56. The molecule has 0 spiro atoms. The van der Waals surface area contributed by atoms with Crippen LogP contribution in [0, 0.1) is 5.41 Å². The van der Waals surface area contributed by atoms with Crippen molar-refractivity contribution in [2.75, 3.05) is 12.3 Å². The zero-order chi connectivity index (χ0) is 13.6. The third kappa shape index (κ3) is 2.74. The number of benzene rings is 1. The molecule has 7 heteroatoms. The summed E-state index contributed by atoms with van der Waals surface area (Å²) >= 11 is 11.7. The number of rotatable bonds is 4. The number of anilines is 1. The van der Waals surface area contributed by atoms with E-state index in [4.69, 9.17) is 28.9 Å². The Morgan fingerprint density at radius 2 is 2.00 bits per heavy atom. The number of nitrogen functional groups attached to an aromatic ring is 1. The van der Waals surface area contributed by atoms with E-state index in [-0.39, 0.29) is 26.0 Å². The minimum Gasteiger partial charge on any atom is -0.396 e. The Balaban J connectivity index is 2.27. The predicted octanol–water partition coefficient (Wildman–Crippen LogP) is 2.65. The van der Waals surface area contributed by atoms with Gasteiger partial charge in [-0.2, -0.15) is 0 Å². The van der Waals surface area contributed by atoms with Crippen molar-refractivity contribution in [3.63, 3.8) is 0 Å². The summed E-state index contributed by atoms with van der Waals surface area (Å²) in [5, 5.41) is 0.212. The van der Waals surface area contributed by atoms with Gasteiger partial charge in [0.05, 0.1) is 15.7 Å². The van der Waals surface area contributed by atoms with Crippen LogP contribution in [0.2, 0.25) is 10.0 Å². The molecule has 0 atom stereocenters. The molecule has 0 heterocycles. The summed E-state index contributed by atoms with van der Waals surface area (Å²) in [6, 6.07) is 2.79. The summed E-state index contributed by atoms with van der Waals surface area (Å²) in [6.45, 7) is 2.45. The lowest BCUT2D eigenvalue weighted by Crippen LogP contribution is -2.29. The molecular formula is C11H14Cl2N2O2S. The van der Waals surface area contributed by atoms with Crippen molar-refractivity contribution in [2.24, 2.45) is 5.41 Å². The van der Waals surface area contributed by atoms with Gasteiger partial charge in [0.1, 0.15) is 4.90 Å². The minimum absolute atomic E-state index is 0.0315. The number of hydrogen-bond acceptors (Lipinski definition) is 3. The molecule has 1 fully saturated rings. The molecule has 0 aromatic heterocycles. The van der Waals surface area contributed by atoms with E-state index in [0.29, 0.717) is 6.54 Å². The van der Waals surface area contributed by atoms with Crippen LogP contribution in [0.3, 0.4) is 0 Å². The molecule has 1 aliphatic rings. The minimum atomic E-state index is -3.64. The second-order valence-corrected chi connectivity index (χ2v) is 7.43. The summed E-state index contributed by atoms with van der Waals surface area (Å²) in [7, 11) is -3.64. The molecule has 0 bridgehead atoms. The Kier molecular flexibility index (Phi) is 3.53. The highest BCUT2D eigenvalue weighted by atomic mass is 35.5. The number of sulfonamides is 1. The van der Waals surface area contributed by atoms with E-state index in [1.807, 2.05) is 6.92 Å². The van der Waals surface area contributed by atoms with Crippen LogP contribution in [0.1, 0.15) is 19.8 Å². The maximum atomic E-state index is 12.1. The van der Waals surface area contributed by atoms with Crippen molar-refractivity contribution in [2.45, 2.75) is 24.7 Å². The van der Waals surface area contributed by atoms with Gasteiger partial charge in [0.15, 0.2) is 0 Å². The summed E-state index contributed by atoms with van der Waals surface area (Å²) in [5.74, 6) is 0. The SMILES string of the molecule is CC1(CNS(=O)(=O)c2ccc(Cl)c(N)c2Cl)CC1. The molecule has 1 aromatic rings. The van der Waals surface area contributed by atoms with Gasteiger partial charge in [0.25, 0.3) is 0 Å². The van der Waals surface area contributed by atoms with E-state index in [1.165, 1.54) is 12.1 Å². The Hall–Kier alpha value is -0.490.